The molecule has 3 atom stereocenters. The predicted octanol–water partition coefficient (Wildman–Crippen LogP) is 2.09. The second kappa shape index (κ2) is 5.87. The third-order valence-electron chi connectivity index (χ3n) is 4.58. The van der Waals surface area contributed by atoms with Crippen LogP contribution in [0.2, 0.25) is 0 Å². The number of rotatable bonds is 2. The summed E-state index contributed by atoms with van der Waals surface area (Å²) in [6.07, 6.45) is 4.73. The zero-order valence-electron chi connectivity index (χ0n) is 11.7. The van der Waals surface area contributed by atoms with E-state index in [1.165, 1.54) is 37.5 Å². The molecule has 1 aromatic carbocycles. The van der Waals surface area contributed by atoms with Crippen LogP contribution in [0.4, 0.5) is 4.39 Å². The largest absolute Gasteiger partial charge is 0.384 e. The molecule has 3 unspecified atom stereocenters. The maximum absolute atomic E-state index is 13.3. The van der Waals surface area contributed by atoms with Crippen molar-refractivity contribution in [2.24, 2.45) is 11.8 Å². The van der Waals surface area contributed by atoms with Crippen molar-refractivity contribution < 1.29 is 14.3 Å². The van der Waals surface area contributed by atoms with Crippen molar-refractivity contribution in [1.82, 2.24) is 5.32 Å². The van der Waals surface area contributed by atoms with Crippen LogP contribution in [-0.2, 0) is 0 Å². The molecule has 3 rings (SSSR count). The first-order valence-corrected chi connectivity index (χ1v) is 7.37. The minimum absolute atomic E-state index is 0.199. The number of aliphatic hydroxyl groups is 1. The molecule has 0 spiro atoms. The van der Waals surface area contributed by atoms with Gasteiger partial charge in [-0.25, -0.2) is 4.39 Å². The number of hydrogen-bond acceptors (Lipinski definition) is 2. The van der Waals surface area contributed by atoms with Gasteiger partial charge in [-0.15, -0.1) is 0 Å². The monoisotopic (exact) mass is 287 g/mol. The van der Waals surface area contributed by atoms with Crippen molar-refractivity contribution in [3.63, 3.8) is 0 Å². The lowest BCUT2D eigenvalue weighted by atomic mass is 9.95. The first-order valence-electron chi connectivity index (χ1n) is 7.37. The first-order chi connectivity index (χ1) is 10.2. The van der Waals surface area contributed by atoms with Gasteiger partial charge in [0.25, 0.3) is 5.91 Å². The Balaban J connectivity index is 1.78. The molecule has 0 aliphatic heterocycles. The molecule has 2 aliphatic carbocycles. The fraction of sp³-hybridized carbons (Fsp3) is 0.471. The summed E-state index contributed by atoms with van der Waals surface area (Å²) in [7, 11) is 0. The fourth-order valence-electron chi connectivity index (χ4n) is 3.62. The summed E-state index contributed by atoms with van der Waals surface area (Å²) in [5.41, 5.74) is 0.699. The number of aliphatic hydroxyl groups excluding tert-OH is 1. The zero-order valence-corrected chi connectivity index (χ0v) is 11.7. The molecule has 2 bridgehead atoms. The number of nitrogens with one attached hydrogen (secondary N) is 1. The average Bonchev–Trinajstić information content (AvgIpc) is 3.07. The lowest BCUT2D eigenvalue weighted by molar-refractivity contribution is 0.0922. The van der Waals surface area contributed by atoms with Gasteiger partial charge in [-0.05, 0) is 49.3 Å². The highest BCUT2D eigenvalue weighted by molar-refractivity contribution is 5.97. The predicted molar refractivity (Wildman–Crippen MR) is 77.1 cm³/mol. The van der Waals surface area contributed by atoms with Crippen LogP contribution < -0.4 is 5.32 Å². The SMILES string of the molecule is O=C(NC1CC2CCC1C2)c1ccc(F)cc1C#CCO. The van der Waals surface area contributed by atoms with E-state index < -0.39 is 5.82 Å². The van der Waals surface area contributed by atoms with E-state index in [1.54, 1.807) is 0 Å². The first kappa shape index (κ1) is 14.1. The molecule has 0 radical (unpaired) electrons. The summed E-state index contributed by atoms with van der Waals surface area (Å²) < 4.78 is 13.3. The third kappa shape index (κ3) is 2.93. The van der Waals surface area contributed by atoms with E-state index >= 15 is 0 Å². The maximum Gasteiger partial charge on any atom is 0.252 e. The van der Waals surface area contributed by atoms with E-state index in [1.807, 2.05) is 0 Å². The number of benzene rings is 1. The highest BCUT2D eigenvalue weighted by Crippen LogP contribution is 2.44. The van der Waals surface area contributed by atoms with E-state index in [0.29, 0.717) is 17.0 Å². The van der Waals surface area contributed by atoms with Gasteiger partial charge in [0.2, 0.25) is 0 Å². The minimum Gasteiger partial charge on any atom is -0.384 e. The molecule has 2 aliphatic rings. The molecule has 2 saturated carbocycles. The molecule has 1 amide bonds. The summed E-state index contributed by atoms with van der Waals surface area (Å²) in [4.78, 5) is 12.4. The number of hydrogen-bond donors (Lipinski definition) is 2. The van der Waals surface area contributed by atoms with Crippen molar-refractivity contribution in [2.75, 3.05) is 6.61 Å². The Morgan fingerprint density at radius 2 is 2.24 bits per heavy atom. The Morgan fingerprint density at radius 1 is 1.38 bits per heavy atom. The van der Waals surface area contributed by atoms with Gasteiger partial charge in [0, 0.05) is 11.6 Å². The van der Waals surface area contributed by atoms with Crippen molar-refractivity contribution in [2.45, 2.75) is 31.7 Å². The molecule has 21 heavy (non-hydrogen) atoms. The van der Waals surface area contributed by atoms with Crippen LogP contribution >= 0.6 is 0 Å². The van der Waals surface area contributed by atoms with Gasteiger partial charge in [-0.3, -0.25) is 4.79 Å². The standard InChI is InChI=1S/C17H18FNO2/c18-14-5-6-15(12(10-14)2-1-7-20)17(21)19-16-9-11-3-4-13(16)8-11/h5-6,10-11,13,16,20H,3-4,7-9H2,(H,19,21). The summed E-state index contributed by atoms with van der Waals surface area (Å²) in [5.74, 6) is 5.81. The summed E-state index contributed by atoms with van der Waals surface area (Å²) in [5, 5.41) is 11.8. The van der Waals surface area contributed by atoms with Crippen molar-refractivity contribution in [1.29, 1.82) is 0 Å². The van der Waals surface area contributed by atoms with E-state index in [0.717, 1.165) is 12.3 Å². The van der Waals surface area contributed by atoms with Crippen LogP contribution in [0.5, 0.6) is 0 Å². The fourth-order valence-corrected chi connectivity index (χ4v) is 3.62. The smallest absolute Gasteiger partial charge is 0.252 e. The summed E-state index contributed by atoms with van der Waals surface area (Å²) in [6.45, 7) is -0.316. The highest BCUT2D eigenvalue weighted by atomic mass is 19.1. The summed E-state index contributed by atoms with van der Waals surface area (Å²) in [6, 6.07) is 4.19. The number of carbonyl (C=O) groups excluding carboxylic acids is 1. The van der Waals surface area contributed by atoms with Gasteiger partial charge in [-0.2, -0.15) is 0 Å². The molecular weight excluding hydrogens is 269 g/mol. The highest BCUT2D eigenvalue weighted by Gasteiger charge is 2.40. The Kier molecular flexibility index (Phi) is 3.94. The van der Waals surface area contributed by atoms with Gasteiger partial charge in [0.15, 0.2) is 0 Å². The molecule has 3 nitrogen and oxygen atoms in total. The number of halogens is 1. The molecule has 0 aromatic heterocycles. The van der Waals surface area contributed by atoms with Crippen LogP contribution in [0.1, 0.15) is 41.6 Å². The average molecular weight is 287 g/mol. The molecule has 4 heteroatoms. The maximum atomic E-state index is 13.3. The van der Waals surface area contributed by atoms with Crippen molar-refractivity contribution >= 4 is 5.91 Å². The van der Waals surface area contributed by atoms with Crippen LogP contribution in [0.15, 0.2) is 18.2 Å². The van der Waals surface area contributed by atoms with Crippen molar-refractivity contribution in [3.05, 3.63) is 35.1 Å². The number of fused-ring (bicyclic) bond motifs is 2. The van der Waals surface area contributed by atoms with Crippen molar-refractivity contribution in [3.8, 4) is 11.8 Å². The lowest BCUT2D eigenvalue weighted by Gasteiger charge is -2.23. The van der Waals surface area contributed by atoms with E-state index in [4.69, 9.17) is 5.11 Å². The molecule has 2 N–H and O–H groups in total. The molecule has 0 heterocycles. The second-order valence-corrected chi connectivity index (χ2v) is 5.90. The van der Waals surface area contributed by atoms with Gasteiger partial charge in [-0.1, -0.05) is 18.3 Å². The normalized spacial score (nSPS) is 26.3. The second-order valence-electron chi connectivity index (χ2n) is 5.90. The van der Waals surface area contributed by atoms with Crippen LogP contribution in [0, 0.1) is 29.5 Å². The summed E-state index contributed by atoms with van der Waals surface area (Å²) >= 11 is 0. The van der Waals surface area contributed by atoms with E-state index in [-0.39, 0.29) is 18.6 Å². The van der Waals surface area contributed by atoms with Gasteiger partial charge >= 0.3 is 0 Å². The minimum atomic E-state index is -0.436. The van der Waals surface area contributed by atoms with E-state index in [2.05, 4.69) is 17.2 Å². The van der Waals surface area contributed by atoms with Crippen LogP contribution in [-0.4, -0.2) is 23.7 Å². The van der Waals surface area contributed by atoms with Crippen LogP contribution in [0.3, 0.4) is 0 Å². The lowest BCUT2D eigenvalue weighted by Crippen LogP contribution is -2.38. The topological polar surface area (TPSA) is 49.3 Å². The molecule has 2 fully saturated rings. The third-order valence-corrected chi connectivity index (χ3v) is 4.58. The molecule has 0 saturated heterocycles. The Morgan fingerprint density at radius 3 is 2.90 bits per heavy atom. The Labute approximate surface area is 123 Å². The zero-order chi connectivity index (χ0) is 14.8. The molecular formula is C17H18FNO2. The van der Waals surface area contributed by atoms with E-state index in [9.17, 15) is 9.18 Å². The molecule has 110 valence electrons. The number of carbonyl (C=O) groups is 1. The van der Waals surface area contributed by atoms with Gasteiger partial charge in [0.1, 0.15) is 12.4 Å². The Hall–Kier alpha value is -1.86. The van der Waals surface area contributed by atoms with Crippen LogP contribution in [0.25, 0.3) is 0 Å². The molecule has 1 aromatic rings. The van der Waals surface area contributed by atoms with Gasteiger partial charge in [0.05, 0.1) is 5.56 Å². The number of amides is 1. The quantitative estimate of drug-likeness (QED) is 0.818. The van der Waals surface area contributed by atoms with Gasteiger partial charge < -0.3 is 10.4 Å². The Bertz CT molecular complexity index is 617.